The van der Waals surface area contributed by atoms with Crippen molar-refractivity contribution in [2.24, 2.45) is 16.6 Å². The van der Waals surface area contributed by atoms with Crippen LogP contribution in [-0.2, 0) is 6.54 Å². The predicted molar refractivity (Wildman–Crippen MR) is 116 cm³/mol. The summed E-state index contributed by atoms with van der Waals surface area (Å²) in [4.78, 5) is 4.43. The van der Waals surface area contributed by atoms with Crippen LogP contribution in [0.15, 0.2) is 29.3 Å². The summed E-state index contributed by atoms with van der Waals surface area (Å²) in [7, 11) is 3.22. The van der Waals surface area contributed by atoms with Crippen molar-refractivity contribution in [3.63, 3.8) is 0 Å². The number of nitrogens with zero attached hydrogens (tertiary/aromatic N) is 3. The highest BCUT2D eigenvalue weighted by molar-refractivity contribution is 14.0. The predicted octanol–water partition coefficient (Wildman–Crippen LogP) is 3.20. The molecule has 2 rings (SSSR count). The SMILES string of the molecule is COc1ccc(OC)c(NC(N)=NCC(C)Cn2nc(C)cc2C)c1.I. The van der Waals surface area contributed by atoms with E-state index >= 15 is 0 Å². The maximum atomic E-state index is 6.02. The van der Waals surface area contributed by atoms with E-state index in [1.807, 2.05) is 29.8 Å². The van der Waals surface area contributed by atoms with Crippen LogP contribution in [0.2, 0.25) is 0 Å². The molecule has 0 amide bonds. The van der Waals surface area contributed by atoms with Crippen molar-refractivity contribution in [1.29, 1.82) is 0 Å². The molecule has 1 aromatic carbocycles. The van der Waals surface area contributed by atoms with Gasteiger partial charge in [-0.3, -0.25) is 9.67 Å². The molecule has 0 radical (unpaired) electrons. The smallest absolute Gasteiger partial charge is 0.193 e. The van der Waals surface area contributed by atoms with E-state index in [0.717, 1.165) is 17.9 Å². The summed E-state index contributed by atoms with van der Waals surface area (Å²) in [5.41, 5.74) is 8.91. The van der Waals surface area contributed by atoms with Crippen LogP contribution in [-0.4, -0.2) is 36.5 Å². The number of hydrogen-bond donors (Lipinski definition) is 2. The topological polar surface area (TPSA) is 86.7 Å². The first-order valence-electron chi connectivity index (χ1n) is 8.23. The number of methoxy groups -OCH3 is 2. The molecule has 3 N–H and O–H groups in total. The van der Waals surface area contributed by atoms with E-state index < -0.39 is 0 Å². The Labute approximate surface area is 172 Å². The van der Waals surface area contributed by atoms with Gasteiger partial charge in [0.2, 0.25) is 0 Å². The lowest BCUT2D eigenvalue weighted by atomic mass is 10.2. The number of rotatable bonds is 7. The summed E-state index contributed by atoms with van der Waals surface area (Å²) in [6.07, 6.45) is 0. The summed E-state index contributed by atoms with van der Waals surface area (Å²) in [5, 5.41) is 7.55. The monoisotopic (exact) mass is 473 g/mol. The van der Waals surface area contributed by atoms with Gasteiger partial charge < -0.3 is 20.5 Å². The Morgan fingerprint density at radius 1 is 1.27 bits per heavy atom. The molecule has 144 valence electrons. The molecule has 2 aromatic rings. The fourth-order valence-corrected chi connectivity index (χ4v) is 2.56. The molecule has 1 atom stereocenters. The molecule has 0 aliphatic carbocycles. The van der Waals surface area contributed by atoms with Crippen molar-refractivity contribution in [1.82, 2.24) is 9.78 Å². The Kier molecular flexibility index (Phi) is 8.70. The summed E-state index contributed by atoms with van der Waals surface area (Å²) in [6.45, 7) is 7.58. The molecule has 0 fully saturated rings. The standard InChI is InChI=1S/C18H27N5O2.HI/c1-12(11-23-14(3)8-13(2)22-23)10-20-18(19)21-16-9-15(24-4)6-7-17(16)25-5;/h6-9,12H,10-11H2,1-5H3,(H3,19,20,21);1H. The quantitative estimate of drug-likeness (QED) is 0.367. The maximum absolute atomic E-state index is 6.02. The molecule has 1 unspecified atom stereocenters. The molecular weight excluding hydrogens is 445 g/mol. The first-order valence-corrected chi connectivity index (χ1v) is 8.23. The van der Waals surface area contributed by atoms with E-state index in [-0.39, 0.29) is 24.0 Å². The zero-order valence-corrected chi connectivity index (χ0v) is 18.3. The van der Waals surface area contributed by atoms with Gasteiger partial charge in [-0.25, -0.2) is 0 Å². The number of aryl methyl sites for hydroxylation is 2. The molecule has 0 saturated carbocycles. The number of halogens is 1. The molecule has 26 heavy (non-hydrogen) atoms. The van der Waals surface area contributed by atoms with Gasteiger partial charge in [0.25, 0.3) is 0 Å². The summed E-state index contributed by atoms with van der Waals surface area (Å²) in [5.74, 6) is 2.04. The molecular formula is C18H28IN5O2. The Hall–Kier alpha value is -1.97. The highest BCUT2D eigenvalue weighted by Gasteiger charge is 2.09. The Morgan fingerprint density at radius 2 is 2.00 bits per heavy atom. The van der Waals surface area contributed by atoms with Gasteiger partial charge >= 0.3 is 0 Å². The van der Waals surface area contributed by atoms with Crippen LogP contribution in [0.4, 0.5) is 5.69 Å². The Balaban J connectivity index is 0.00000338. The fraction of sp³-hybridized carbons (Fsp3) is 0.444. The van der Waals surface area contributed by atoms with Gasteiger partial charge in [0.1, 0.15) is 11.5 Å². The number of hydrogen-bond acceptors (Lipinski definition) is 4. The number of anilines is 1. The van der Waals surface area contributed by atoms with E-state index in [1.165, 1.54) is 0 Å². The van der Waals surface area contributed by atoms with E-state index in [9.17, 15) is 0 Å². The number of benzene rings is 1. The van der Waals surface area contributed by atoms with Crippen LogP contribution in [0.3, 0.4) is 0 Å². The Bertz CT molecular complexity index is 745. The number of nitrogens with one attached hydrogen (secondary N) is 1. The molecule has 8 heteroatoms. The minimum atomic E-state index is 0. The number of aromatic nitrogens is 2. The fourth-order valence-electron chi connectivity index (χ4n) is 2.56. The summed E-state index contributed by atoms with van der Waals surface area (Å²) >= 11 is 0. The van der Waals surface area contributed by atoms with Gasteiger partial charge in [-0.15, -0.1) is 24.0 Å². The molecule has 0 bridgehead atoms. The molecule has 0 aliphatic rings. The summed E-state index contributed by atoms with van der Waals surface area (Å²) in [6, 6.07) is 7.54. The third kappa shape index (κ3) is 6.08. The van der Waals surface area contributed by atoms with Gasteiger partial charge in [0, 0.05) is 24.8 Å². The zero-order valence-electron chi connectivity index (χ0n) is 15.9. The van der Waals surface area contributed by atoms with E-state index in [2.05, 4.69) is 35.3 Å². The number of aliphatic imine (C=N–C) groups is 1. The molecule has 1 aromatic heterocycles. The minimum Gasteiger partial charge on any atom is -0.497 e. The second kappa shape index (κ2) is 10.2. The highest BCUT2D eigenvalue weighted by Crippen LogP contribution is 2.28. The normalized spacial score (nSPS) is 12.3. The minimum absolute atomic E-state index is 0. The first-order chi connectivity index (χ1) is 11.9. The van der Waals surface area contributed by atoms with E-state index in [4.69, 9.17) is 15.2 Å². The molecule has 1 heterocycles. The van der Waals surface area contributed by atoms with Gasteiger partial charge in [-0.05, 0) is 38.0 Å². The lowest BCUT2D eigenvalue weighted by Gasteiger charge is -2.14. The van der Waals surface area contributed by atoms with Crippen molar-refractivity contribution < 1.29 is 9.47 Å². The van der Waals surface area contributed by atoms with Crippen LogP contribution in [0, 0.1) is 19.8 Å². The molecule has 0 aliphatic heterocycles. The van der Waals surface area contributed by atoms with Crippen LogP contribution in [0.5, 0.6) is 11.5 Å². The van der Waals surface area contributed by atoms with E-state index in [1.54, 1.807) is 14.2 Å². The van der Waals surface area contributed by atoms with E-state index in [0.29, 0.717) is 35.6 Å². The third-order valence-electron chi connectivity index (χ3n) is 3.83. The van der Waals surface area contributed by atoms with Crippen molar-refractivity contribution in [2.75, 3.05) is 26.1 Å². The average molecular weight is 473 g/mol. The van der Waals surface area contributed by atoms with Crippen LogP contribution < -0.4 is 20.5 Å². The first kappa shape index (κ1) is 22.1. The van der Waals surface area contributed by atoms with Gasteiger partial charge in [-0.2, -0.15) is 5.10 Å². The number of guanidine groups is 1. The second-order valence-electron chi connectivity index (χ2n) is 6.13. The van der Waals surface area contributed by atoms with Gasteiger partial charge in [0.05, 0.1) is 25.6 Å². The lowest BCUT2D eigenvalue weighted by molar-refractivity contribution is 0.405. The van der Waals surface area contributed by atoms with Crippen molar-refractivity contribution in [2.45, 2.75) is 27.3 Å². The Morgan fingerprint density at radius 3 is 2.58 bits per heavy atom. The average Bonchev–Trinajstić information content (AvgIpc) is 2.90. The highest BCUT2D eigenvalue weighted by atomic mass is 127. The summed E-state index contributed by atoms with van der Waals surface area (Å²) < 4.78 is 12.6. The molecule has 7 nitrogen and oxygen atoms in total. The largest absolute Gasteiger partial charge is 0.497 e. The van der Waals surface area contributed by atoms with Crippen molar-refractivity contribution in [3.8, 4) is 11.5 Å². The zero-order chi connectivity index (χ0) is 18.4. The number of nitrogens with two attached hydrogens (primary N) is 1. The maximum Gasteiger partial charge on any atom is 0.193 e. The van der Waals surface area contributed by atoms with Gasteiger partial charge in [0.15, 0.2) is 5.96 Å². The second-order valence-corrected chi connectivity index (χ2v) is 6.13. The molecule has 0 spiro atoms. The van der Waals surface area contributed by atoms with Crippen molar-refractivity contribution in [3.05, 3.63) is 35.7 Å². The van der Waals surface area contributed by atoms with Crippen molar-refractivity contribution >= 4 is 35.6 Å². The van der Waals surface area contributed by atoms with Gasteiger partial charge in [-0.1, -0.05) is 6.92 Å². The third-order valence-corrected chi connectivity index (χ3v) is 3.83. The van der Waals surface area contributed by atoms with Crippen LogP contribution in [0.25, 0.3) is 0 Å². The number of ether oxygens (including phenoxy) is 2. The van der Waals surface area contributed by atoms with Crippen LogP contribution >= 0.6 is 24.0 Å². The lowest BCUT2D eigenvalue weighted by Crippen LogP contribution is -2.24. The van der Waals surface area contributed by atoms with Crippen LogP contribution in [0.1, 0.15) is 18.3 Å². The molecule has 0 saturated heterocycles.